The number of carbonyl (C=O) groups excluding carboxylic acids is 1. The molecule has 0 atom stereocenters. The third-order valence-corrected chi connectivity index (χ3v) is 4.17. The molecule has 0 bridgehead atoms. The molecule has 0 amide bonds. The standard InChI is InChI=1S/C17H14Cl2O2/c18-13-3-4-14(15(19)10-13)16(20)5-1-11-2-6-17-12(9-11)7-8-21-17/h2-4,6,9-10H,1,5,7-8H2. The molecule has 108 valence electrons. The fourth-order valence-electron chi connectivity index (χ4n) is 2.50. The first-order valence-electron chi connectivity index (χ1n) is 6.86. The van der Waals surface area contributed by atoms with Gasteiger partial charge in [-0.25, -0.2) is 0 Å². The van der Waals surface area contributed by atoms with Crippen LogP contribution in [0.2, 0.25) is 10.0 Å². The fourth-order valence-corrected chi connectivity index (χ4v) is 3.02. The highest BCUT2D eigenvalue weighted by Crippen LogP contribution is 2.27. The molecule has 0 N–H and O–H groups in total. The van der Waals surface area contributed by atoms with E-state index in [0.29, 0.717) is 28.5 Å². The minimum absolute atomic E-state index is 0.0356. The molecule has 2 nitrogen and oxygen atoms in total. The molecule has 1 aliphatic rings. The highest BCUT2D eigenvalue weighted by molar-refractivity contribution is 6.36. The topological polar surface area (TPSA) is 26.3 Å². The van der Waals surface area contributed by atoms with Gasteiger partial charge < -0.3 is 4.74 Å². The van der Waals surface area contributed by atoms with Gasteiger partial charge in [-0.2, -0.15) is 0 Å². The lowest BCUT2D eigenvalue weighted by Crippen LogP contribution is -2.02. The van der Waals surface area contributed by atoms with Crippen LogP contribution in [0, 0.1) is 0 Å². The number of halogens is 2. The maximum atomic E-state index is 12.2. The molecule has 2 aromatic rings. The van der Waals surface area contributed by atoms with E-state index in [-0.39, 0.29) is 5.78 Å². The van der Waals surface area contributed by atoms with Crippen LogP contribution in [0.15, 0.2) is 36.4 Å². The van der Waals surface area contributed by atoms with E-state index in [2.05, 4.69) is 6.07 Å². The molecule has 0 radical (unpaired) electrons. The third-order valence-electron chi connectivity index (χ3n) is 3.63. The molecular weight excluding hydrogens is 307 g/mol. The van der Waals surface area contributed by atoms with Gasteiger partial charge in [-0.1, -0.05) is 35.3 Å². The number of hydrogen-bond donors (Lipinski definition) is 0. The molecule has 0 fully saturated rings. The minimum atomic E-state index is 0.0356. The first-order chi connectivity index (χ1) is 10.1. The van der Waals surface area contributed by atoms with E-state index in [1.165, 1.54) is 5.56 Å². The van der Waals surface area contributed by atoms with Crippen LogP contribution in [0.1, 0.15) is 27.9 Å². The van der Waals surface area contributed by atoms with E-state index in [9.17, 15) is 4.79 Å². The summed E-state index contributed by atoms with van der Waals surface area (Å²) < 4.78 is 5.48. The molecule has 0 saturated heterocycles. The van der Waals surface area contributed by atoms with Crippen molar-refractivity contribution in [2.24, 2.45) is 0 Å². The van der Waals surface area contributed by atoms with Gasteiger partial charge in [-0.3, -0.25) is 4.79 Å². The predicted molar refractivity (Wildman–Crippen MR) is 84.8 cm³/mol. The Balaban J connectivity index is 1.68. The van der Waals surface area contributed by atoms with E-state index in [1.54, 1.807) is 18.2 Å². The average Bonchev–Trinajstić information content (AvgIpc) is 2.92. The lowest BCUT2D eigenvalue weighted by Gasteiger charge is -2.06. The third kappa shape index (κ3) is 3.22. The zero-order chi connectivity index (χ0) is 14.8. The Morgan fingerprint density at radius 2 is 2.00 bits per heavy atom. The van der Waals surface area contributed by atoms with Gasteiger partial charge in [0.2, 0.25) is 0 Å². The van der Waals surface area contributed by atoms with Crippen molar-refractivity contribution in [3.8, 4) is 5.75 Å². The monoisotopic (exact) mass is 320 g/mol. The number of benzene rings is 2. The summed E-state index contributed by atoms with van der Waals surface area (Å²) in [5, 5.41) is 0.949. The zero-order valence-corrected chi connectivity index (χ0v) is 12.9. The van der Waals surface area contributed by atoms with Gasteiger partial charge in [0.05, 0.1) is 11.6 Å². The highest BCUT2D eigenvalue weighted by Gasteiger charge is 2.14. The van der Waals surface area contributed by atoms with Gasteiger partial charge >= 0.3 is 0 Å². The van der Waals surface area contributed by atoms with Crippen molar-refractivity contribution in [3.05, 3.63) is 63.1 Å². The lowest BCUT2D eigenvalue weighted by molar-refractivity contribution is 0.0983. The SMILES string of the molecule is O=C(CCc1ccc2c(c1)CCO2)c1ccc(Cl)cc1Cl. The molecule has 2 aromatic carbocycles. The molecule has 4 heteroatoms. The van der Waals surface area contributed by atoms with Gasteiger partial charge in [0.1, 0.15) is 5.75 Å². The molecule has 1 aliphatic heterocycles. The summed E-state index contributed by atoms with van der Waals surface area (Å²) in [6.07, 6.45) is 2.08. The molecule has 1 heterocycles. The van der Waals surface area contributed by atoms with E-state index >= 15 is 0 Å². The number of fused-ring (bicyclic) bond motifs is 1. The quantitative estimate of drug-likeness (QED) is 0.760. The van der Waals surface area contributed by atoms with Crippen molar-refractivity contribution in [2.75, 3.05) is 6.61 Å². The minimum Gasteiger partial charge on any atom is -0.493 e. The summed E-state index contributed by atoms with van der Waals surface area (Å²) >= 11 is 11.9. The van der Waals surface area contributed by atoms with Crippen molar-refractivity contribution in [3.63, 3.8) is 0 Å². The number of ketones is 1. The number of aryl methyl sites for hydroxylation is 1. The van der Waals surface area contributed by atoms with Crippen LogP contribution < -0.4 is 4.74 Å². The summed E-state index contributed by atoms with van der Waals surface area (Å²) in [6, 6.07) is 11.1. The highest BCUT2D eigenvalue weighted by atomic mass is 35.5. The molecule has 0 aliphatic carbocycles. The Hall–Kier alpha value is -1.51. The Labute approximate surface area is 133 Å². The summed E-state index contributed by atoms with van der Waals surface area (Å²) in [4.78, 5) is 12.2. The van der Waals surface area contributed by atoms with Crippen molar-refractivity contribution in [1.29, 1.82) is 0 Å². The number of carbonyl (C=O) groups is 1. The maximum absolute atomic E-state index is 12.2. The normalized spacial score (nSPS) is 12.9. The van der Waals surface area contributed by atoms with Crippen molar-refractivity contribution >= 4 is 29.0 Å². The molecule has 0 saturated carbocycles. The van der Waals surface area contributed by atoms with Crippen LogP contribution in [0.5, 0.6) is 5.75 Å². The molecule has 21 heavy (non-hydrogen) atoms. The van der Waals surface area contributed by atoms with Crippen LogP contribution >= 0.6 is 23.2 Å². The average molecular weight is 321 g/mol. The van der Waals surface area contributed by atoms with Crippen LogP contribution in [0.3, 0.4) is 0 Å². The first-order valence-corrected chi connectivity index (χ1v) is 7.62. The van der Waals surface area contributed by atoms with Crippen LogP contribution in [-0.4, -0.2) is 12.4 Å². The molecule has 0 spiro atoms. The number of rotatable bonds is 4. The van der Waals surface area contributed by atoms with Gasteiger partial charge in [0.25, 0.3) is 0 Å². The maximum Gasteiger partial charge on any atom is 0.164 e. The molecular formula is C17H14Cl2O2. The van der Waals surface area contributed by atoms with Gasteiger partial charge in [-0.05, 0) is 41.8 Å². The zero-order valence-electron chi connectivity index (χ0n) is 11.4. The van der Waals surface area contributed by atoms with Crippen LogP contribution in [-0.2, 0) is 12.8 Å². The summed E-state index contributed by atoms with van der Waals surface area (Å²) in [5.41, 5.74) is 2.91. The fraction of sp³-hybridized carbons (Fsp3) is 0.235. The number of ether oxygens (including phenoxy) is 1. The second-order valence-electron chi connectivity index (χ2n) is 5.09. The Bertz CT molecular complexity index is 695. The van der Waals surface area contributed by atoms with E-state index in [0.717, 1.165) is 24.3 Å². The predicted octanol–water partition coefficient (Wildman–Crippen LogP) is 4.74. The lowest BCUT2D eigenvalue weighted by atomic mass is 10.0. The Morgan fingerprint density at radius 1 is 1.14 bits per heavy atom. The summed E-state index contributed by atoms with van der Waals surface area (Å²) in [5.74, 6) is 0.999. The Kier molecular flexibility index (Phi) is 4.18. The van der Waals surface area contributed by atoms with Crippen molar-refractivity contribution in [2.45, 2.75) is 19.3 Å². The summed E-state index contributed by atoms with van der Waals surface area (Å²) in [6.45, 7) is 0.748. The largest absolute Gasteiger partial charge is 0.493 e. The van der Waals surface area contributed by atoms with Gasteiger partial charge in [-0.15, -0.1) is 0 Å². The van der Waals surface area contributed by atoms with E-state index in [4.69, 9.17) is 27.9 Å². The molecule has 0 unspecified atom stereocenters. The van der Waals surface area contributed by atoms with E-state index in [1.807, 2.05) is 12.1 Å². The van der Waals surface area contributed by atoms with Gasteiger partial charge in [0, 0.05) is 23.4 Å². The molecule has 3 rings (SSSR count). The smallest absolute Gasteiger partial charge is 0.164 e. The van der Waals surface area contributed by atoms with Crippen molar-refractivity contribution in [1.82, 2.24) is 0 Å². The number of hydrogen-bond acceptors (Lipinski definition) is 2. The second-order valence-corrected chi connectivity index (χ2v) is 5.93. The molecule has 0 aromatic heterocycles. The van der Waals surface area contributed by atoms with Crippen LogP contribution in [0.4, 0.5) is 0 Å². The van der Waals surface area contributed by atoms with Crippen molar-refractivity contribution < 1.29 is 9.53 Å². The van der Waals surface area contributed by atoms with Gasteiger partial charge in [0.15, 0.2) is 5.78 Å². The Morgan fingerprint density at radius 3 is 2.81 bits per heavy atom. The van der Waals surface area contributed by atoms with Crippen LogP contribution in [0.25, 0.3) is 0 Å². The second kappa shape index (κ2) is 6.08. The number of Topliss-reactive ketones (excluding diaryl/α,β-unsaturated/α-hetero) is 1. The first kappa shape index (κ1) is 14.4. The van der Waals surface area contributed by atoms with E-state index < -0.39 is 0 Å². The summed E-state index contributed by atoms with van der Waals surface area (Å²) in [7, 11) is 0.